The maximum absolute atomic E-state index is 5.90. The topological polar surface area (TPSA) is 36.5 Å². The van der Waals surface area contributed by atoms with Crippen LogP contribution in [0.1, 0.15) is 16.7 Å². The van der Waals surface area contributed by atoms with Crippen molar-refractivity contribution in [2.24, 2.45) is 0 Å². The van der Waals surface area contributed by atoms with E-state index in [4.69, 9.17) is 17.0 Å². The van der Waals surface area contributed by atoms with Gasteiger partial charge in [-0.3, -0.25) is 4.90 Å². The van der Waals surface area contributed by atoms with Gasteiger partial charge in [0.25, 0.3) is 0 Å². The third-order valence-corrected chi connectivity index (χ3v) is 4.85. The Morgan fingerprint density at radius 1 is 1.19 bits per heavy atom. The predicted molar refractivity (Wildman–Crippen MR) is 112 cm³/mol. The molecule has 0 unspecified atom stereocenters. The first-order valence-corrected chi connectivity index (χ1v) is 9.51. The minimum absolute atomic E-state index is 0.144. The number of aryl methyl sites for hydroxylation is 2. The van der Waals surface area contributed by atoms with E-state index in [0.29, 0.717) is 11.7 Å². The molecule has 0 aromatic heterocycles. The van der Waals surface area contributed by atoms with Crippen LogP contribution in [-0.4, -0.2) is 42.4 Å². The molecule has 0 aliphatic carbocycles. The van der Waals surface area contributed by atoms with Crippen LogP contribution in [-0.2, 0) is 11.3 Å². The molecule has 4 nitrogen and oxygen atoms in total. The summed E-state index contributed by atoms with van der Waals surface area (Å²) in [6.45, 7) is 8.48. The van der Waals surface area contributed by atoms with E-state index < -0.39 is 0 Å². The highest BCUT2D eigenvalue weighted by Gasteiger charge is 2.20. The van der Waals surface area contributed by atoms with Crippen molar-refractivity contribution >= 4 is 23.0 Å². The third kappa shape index (κ3) is 5.53. The number of thiocarbonyl (C=S) groups is 1. The number of hydrogen-bond donors (Lipinski definition) is 2. The monoisotopic (exact) mass is 369 g/mol. The molecular weight excluding hydrogens is 342 g/mol. The molecule has 0 saturated carbocycles. The van der Waals surface area contributed by atoms with Crippen LogP contribution < -0.4 is 10.6 Å². The molecule has 1 heterocycles. The number of nitrogens with zero attached hydrogens (tertiary/aromatic N) is 1. The average molecular weight is 370 g/mol. The smallest absolute Gasteiger partial charge is 0.170 e. The van der Waals surface area contributed by atoms with Crippen LogP contribution in [0.3, 0.4) is 0 Å². The van der Waals surface area contributed by atoms with Crippen LogP contribution in [0.5, 0.6) is 0 Å². The molecule has 0 amide bonds. The first kappa shape index (κ1) is 18.8. The highest BCUT2D eigenvalue weighted by molar-refractivity contribution is 7.80. The molecule has 0 radical (unpaired) electrons. The van der Waals surface area contributed by atoms with Crippen molar-refractivity contribution in [1.29, 1.82) is 0 Å². The summed E-state index contributed by atoms with van der Waals surface area (Å²) in [4.78, 5) is 2.44. The van der Waals surface area contributed by atoms with Crippen molar-refractivity contribution < 1.29 is 4.74 Å². The van der Waals surface area contributed by atoms with E-state index in [0.717, 1.165) is 31.9 Å². The fourth-order valence-corrected chi connectivity index (χ4v) is 3.33. The fraction of sp³-hybridized carbons (Fsp3) is 0.381. The van der Waals surface area contributed by atoms with Gasteiger partial charge in [0.15, 0.2) is 5.11 Å². The predicted octanol–water partition coefficient (Wildman–Crippen LogP) is 3.49. The number of hydrogen-bond acceptors (Lipinski definition) is 3. The molecule has 138 valence electrons. The number of morpholine rings is 1. The Morgan fingerprint density at radius 3 is 2.81 bits per heavy atom. The molecule has 2 N–H and O–H groups in total. The Kier molecular flexibility index (Phi) is 6.61. The molecule has 1 saturated heterocycles. The zero-order valence-electron chi connectivity index (χ0n) is 15.5. The van der Waals surface area contributed by atoms with E-state index >= 15 is 0 Å². The maximum atomic E-state index is 5.90. The molecule has 5 heteroatoms. The fourth-order valence-electron chi connectivity index (χ4n) is 3.13. The molecule has 1 aliphatic heterocycles. The highest BCUT2D eigenvalue weighted by Crippen LogP contribution is 2.16. The van der Waals surface area contributed by atoms with Gasteiger partial charge in [0, 0.05) is 31.9 Å². The van der Waals surface area contributed by atoms with Crippen LogP contribution >= 0.6 is 12.2 Å². The Labute approximate surface area is 161 Å². The number of rotatable bonds is 5. The Bertz CT molecular complexity index is 735. The van der Waals surface area contributed by atoms with Gasteiger partial charge in [-0.1, -0.05) is 42.5 Å². The van der Waals surface area contributed by atoms with Crippen molar-refractivity contribution in [3.63, 3.8) is 0 Å². The molecular formula is C21H27N3OS. The second-order valence-electron chi connectivity index (χ2n) is 6.87. The summed E-state index contributed by atoms with van der Waals surface area (Å²) in [5, 5.41) is 7.23. The normalized spacial score (nSPS) is 17.7. The number of anilines is 1. The van der Waals surface area contributed by atoms with Gasteiger partial charge in [-0.05, 0) is 48.8 Å². The molecule has 1 aliphatic rings. The molecule has 3 rings (SSSR count). The van der Waals surface area contributed by atoms with Gasteiger partial charge in [0.2, 0.25) is 0 Å². The molecule has 0 bridgehead atoms. The zero-order chi connectivity index (χ0) is 18.4. The molecule has 1 atom stereocenters. The highest BCUT2D eigenvalue weighted by atomic mass is 32.1. The van der Waals surface area contributed by atoms with Crippen molar-refractivity contribution in [2.45, 2.75) is 26.5 Å². The molecule has 1 fully saturated rings. The zero-order valence-corrected chi connectivity index (χ0v) is 16.3. The quantitative estimate of drug-likeness (QED) is 0.789. The molecule has 2 aromatic carbocycles. The van der Waals surface area contributed by atoms with Crippen molar-refractivity contribution in [3.8, 4) is 0 Å². The largest absolute Gasteiger partial charge is 0.374 e. The third-order valence-electron chi connectivity index (χ3n) is 4.60. The molecule has 2 aromatic rings. The van der Waals surface area contributed by atoms with Gasteiger partial charge in [-0.2, -0.15) is 0 Å². The summed E-state index contributed by atoms with van der Waals surface area (Å²) in [6.07, 6.45) is 0.144. The van der Waals surface area contributed by atoms with Gasteiger partial charge < -0.3 is 15.4 Å². The van der Waals surface area contributed by atoms with E-state index in [1.807, 2.05) is 0 Å². The second kappa shape index (κ2) is 9.12. The Hall–Kier alpha value is -1.95. The average Bonchev–Trinajstić information content (AvgIpc) is 2.64. The van der Waals surface area contributed by atoms with E-state index in [9.17, 15) is 0 Å². The van der Waals surface area contributed by atoms with Gasteiger partial charge in [-0.15, -0.1) is 0 Å². The summed E-state index contributed by atoms with van der Waals surface area (Å²) in [5.41, 5.74) is 4.79. The van der Waals surface area contributed by atoms with Gasteiger partial charge in [0.1, 0.15) is 0 Å². The van der Waals surface area contributed by atoms with E-state index in [2.05, 4.69) is 77.9 Å². The van der Waals surface area contributed by atoms with Crippen LogP contribution in [0, 0.1) is 13.8 Å². The minimum atomic E-state index is 0.144. The number of nitrogens with one attached hydrogen (secondary N) is 2. The summed E-state index contributed by atoms with van der Waals surface area (Å²) in [7, 11) is 0. The van der Waals surface area contributed by atoms with Crippen LogP contribution in [0.15, 0.2) is 48.5 Å². The summed E-state index contributed by atoms with van der Waals surface area (Å²) in [6, 6.07) is 16.9. The maximum Gasteiger partial charge on any atom is 0.170 e. The van der Waals surface area contributed by atoms with E-state index in [-0.39, 0.29) is 6.10 Å². The first-order valence-electron chi connectivity index (χ1n) is 9.10. The van der Waals surface area contributed by atoms with E-state index in [1.165, 1.54) is 16.7 Å². The molecule has 0 spiro atoms. The number of benzene rings is 2. The SMILES string of the molecule is Cc1ccc(C)c(NC(=S)NC[C@H]2CN(Cc3ccccc3)CCO2)c1. The minimum Gasteiger partial charge on any atom is -0.374 e. The lowest BCUT2D eigenvalue weighted by atomic mass is 10.1. The van der Waals surface area contributed by atoms with Crippen molar-refractivity contribution in [3.05, 3.63) is 65.2 Å². The second-order valence-corrected chi connectivity index (χ2v) is 7.28. The van der Waals surface area contributed by atoms with Gasteiger partial charge in [0.05, 0.1) is 12.7 Å². The standard InChI is InChI=1S/C21H27N3OS/c1-16-8-9-17(2)20(12-16)23-21(26)22-13-19-15-24(10-11-25-19)14-18-6-4-3-5-7-18/h3-9,12,19H,10-11,13-15H2,1-2H3,(H2,22,23,26)/t19-/m0/s1. The first-order chi connectivity index (χ1) is 12.6. The number of ether oxygens (including phenoxy) is 1. The van der Waals surface area contributed by atoms with Crippen molar-refractivity contribution in [1.82, 2.24) is 10.2 Å². The summed E-state index contributed by atoms with van der Waals surface area (Å²) in [5.74, 6) is 0. The Balaban J connectivity index is 1.46. The van der Waals surface area contributed by atoms with Crippen LogP contribution in [0.4, 0.5) is 5.69 Å². The lowest BCUT2D eigenvalue weighted by Crippen LogP contribution is -2.47. The Morgan fingerprint density at radius 2 is 2.00 bits per heavy atom. The van der Waals surface area contributed by atoms with E-state index in [1.54, 1.807) is 0 Å². The summed E-state index contributed by atoms with van der Waals surface area (Å²) >= 11 is 5.45. The molecule has 26 heavy (non-hydrogen) atoms. The van der Waals surface area contributed by atoms with Gasteiger partial charge in [-0.25, -0.2) is 0 Å². The van der Waals surface area contributed by atoms with Crippen molar-refractivity contribution in [2.75, 3.05) is 31.6 Å². The van der Waals surface area contributed by atoms with Crippen LogP contribution in [0.25, 0.3) is 0 Å². The lowest BCUT2D eigenvalue weighted by Gasteiger charge is -2.33. The lowest BCUT2D eigenvalue weighted by molar-refractivity contribution is -0.0279. The van der Waals surface area contributed by atoms with Gasteiger partial charge >= 0.3 is 0 Å². The van der Waals surface area contributed by atoms with Crippen LogP contribution in [0.2, 0.25) is 0 Å². The summed E-state index contributed by atoms with van der Waals surface area (Å²) < 4.78 is 5.90.